The molecule has 0 saturated carbocycles. The Hall–Kier alpha value is -1.94. The first-order valence-electron chi connectivity index (χ1n) is 25.3. The molecule has 0 aliphatic carbocycles. The van der Waals surface area contributed by atoms with Crippen LogP contribution in [-0.2, 0) is 65.4 Å². The number of carbonyl (C=O) groups is 4. The second-order valence-electron chi connectivity index (χ2n) is 17.1. The molecule has 0 radical (unpaired) electrons. The van der Waals surface area contributed by atoms with Crippen LogP contribution in [0.5, 0.6) is 0 Å². The highest BCUT2D eigenvalue weighted by Crippen LogP contribution is 2.45. The van der Waals surface area contributed by atoms with E-state index in [1.165, 1.54) is 19.3 Å². The van der Waals surface area contributed by atoms with Gasteiger partial charge in [-0.2, -0.15) is 0 Å². The predicted molar refractivity (Wildman–Crippen MR) is 252 cm³/mol. The zero-order chi connectivity index (χ0) is 49.2. The molecular weight excluding hydrogens is 898 g/mol. The lowest BCUT2D eigenvalue weighted by Crippen LogP contribution is -2.30. The molecule has 2 unspecified atom stereocenters. The van der Waals surface area contributed by atoms with Crippen molar-refractivity contribution >= 4 is 39.5 Å². The lowest BCUT2D eigenvalue weighted by Gasteiger charge is -2.21. The minimum atomic E-state index is -4.91. The van der Waals surface area contributed by atoms with Gasteiger partial charge in [-0.3, -0.25) is 37.3 Å². The van der Waals surface area contributed by atoms with Crippen LogP contribution in [0.25, 0.3) is 0 Å². The van der Waals surface area contributed by atoms with E-state index < -0.39 is 97.5 Å². The van der Waals surface area contributed by atoms with Crippen molar-refractivity contribution in [3.63, 3.8) is 0 Å². The summed E-state index contributed by atoms with van der Waals surface area (Å²) < 4.78 is 66.7. The van der Waals surface area contributed by atoms with Gasteiger partial charge in [0, 0.05) is 25.7 Å². The average molecular weight is 989 g/mol. The van der Waals surface area contributed by atoms with Gasteiger partial charge in [-0.15, -0.1) is 0 Å². The van der Waals surface area contributed by atoms with Gasteiger partial charge in [0.2, 0.25) is 0 Å². The van der Waals surface area contributed by atoms with Crippen LogP contribution in [0, 0.1) is 0 Å². The molecular formula is C47H90O17P2. The number of unbranched alkanes of at least 4 members (excludes halogenated alkanes) is 22. The van der Waals surface area contributed by atoms with E-state index in [-0.39, 0.29) is 25.7 Å². The highest BCUT2D eigenvalue weighted by atomic mass is 31.2. The Morgan fingerprint density at radius 1 is 0.364 bits per heavy atom. The zero-order valence-corrected chi connectivity index (χ0v) is 42.9. The Labute approximate surface area is 397 Å². The van der Waals surface area contributed by atoms with Crippen molar-refractivity contribution in [1.29, 1.82) is 0 Å². The van der Waals surface area contributed by atoms with E-state index >= 15 is 0 Å². The smallest absolute Gasteiger partial charge is 0.462 e. The molecule has 0 spiro atoms. The second-order valence-corrected chi connectivity index (χ2v) is 20.0. The first-order valence-corrected chi connectivity index (χ1v) is 28.3. The molecule has 19 heteroatoms. The van der Waals surface area contributed by atoms with E-state index in [4.69, 9.17) is 37.0 Å². The molecule has 0 rings (SSSR count). The fourth-order valence-corrected chi connectivity index (χ4v) is 8.21. The summed E-state index contributed by atoms with van der Waals surface area (Å²) in [6, 6.07) is 0. The monoisotopic (exact) mass is 989 g/mol. The number of aliphatic hydroxyl groups is 1. The number of hydrogen-bond donors (Lipinski definition) is 3. The van der Waals surface area contributed by atoms with E-state index in [1.54, 1.807) is 0 Å². The number of esters is 4. The molecule has 0 heterocycles. The summed E-state index contributed by atoms with van der Waals surface area (Å²) >= 11 is 0. The number of phosphoric ester groups is 2. The number of phosphoric acid groups is 2. The van der Waals surface area contributed by atoms with Gasteiger partial charge in [-0.1, -0.05) is 169 Å². The molecule has 0 aromatic heterocycles. The van der Waals surface area contributed by atoms with Crippen molar-refractivity contribution < 1.29 is 80.2 Å². The molecule has 5 atom stereocenters. The highest BCUT2D eigenvalue weighted by Gasteiger charge is 2.30. The standard InChI is InChI=1S/C47H90O17P2/c1-5-9-13-17-20-22-26-30-34-47(52)64-42(37-57-44(49)31-27-23-16-12-8-4)39-61-65(53,54)59-35-41(48)36-60-66(55,56)62-40-43(63-46(51)33-29-24-19-15-11-7-3)38-58-45(50)32-28-25-21-18-14-10-6-2/h41-43,48H,5-40H2,1-4H3,(H,53,54)(H,55,56)/t41-,42-,43-/m1/s1. The topological polar surface area (TPSA) is 237 Å². The third-order valence-electron chi connectivity index (χ3n) is 10.6. The van der Waals surface area contributed by atoms with Crippen LogP contribution in [0.4, 0.5) is 0 Å². The van der Waals surface area contributed by atoms with Crippen molar-refractivity contribution in [3.05, 3.63) is 0 Å². The van der Waals surface area contributed by atoms with Gasteiger partial charge >= 0.3 is 39.5 Å². The second kappa shape index (κ2) is 43.1. The zero-order valence-electron chi connectivity index (χ0n) is 41.1. The minimum absolute atomic E-state index is 0.102. The normalized spacial score (nSPS) is 14.7. The number of rotatable bonds is 48. The number of ether oxygens (including phenoxy) is 4. The SMILES string of the molecule is CCCCCCCCCCC(=O)O[C@H](COC(=O)CCCCCCC)COP(=O)(O)OC[C@@H](O)COP(=O)(O)OC[C@@H](COC(=O)CCCCCCCCC)OC(=O)CCCCCCCC. The van der Waals surface area contributed by atoms with E-state index in [9.17, 15) is 43.2 Å². The fourth-order valence-electron chi connectivity index (χ4n) is 6.63. The molecule has 390 valence electrons. The highest BCUT2D eigenvalue weighted by molar-refractivity contribution is 7.47. The summed E-state index contributed by atoms with van der Waals surface area (Å²) in [5, 5.41) is 10.4. The quantitative estimate of drug-likeness (QED) is 0.0222. The Bertz CT molecular complexity index is 1290. The summed E-state index contributed by atoms with van der Waals surface area (Å²) in [6.45, 7) is 4.53. The summed E-state index contributed by atoms with van der Waals surface area (Å²) in [4.78, 5) is 70.7. The maximum absolute atomic E-state index is 12.7. The molecule has 3 N–H and O–H groups in total. The van der Waals surface area contributed by atoms with Crippen LogP contribution in [0.3, 0.4) is 0 Å². The molecule has 0 aliphatic heterocycles. The molecule has 0 bridgehead atoms. The first-order chi connectivity index (χ1) is 31.7. The Morgan fingerprint density at radius 3 is 0.894 bits per heavy atom. The average Bonchev–Trinajstić information content (AvgIpc) is 3.28. The molecule has 66 heavy (non-hydrogen) atoms. The first kappa shape index (κ1) is 64.1. The van der Waals surface area contributed by atoms with Crippen LogP contribution in [0.15, 0.2) is 0 Å². The number of aliphatic hydroxyl groups excluding tert-OH is 1. The van der Waals surface area contributed by atoms with E-state index in [2.05, 4.69) is 27.7 Å². The number of hydrogen-bond acceptors (Lipinski definition) is 15. The Morgan fingerprint density at radius 2 is 0.606 bits per heavy atom. The maximum atomic E-state index is 12.7. The molecule has 0 aromatic carbocycles. The van der Waals surface area contributed by atoms with Gasteiger partial charge in [-0.25, -0.2) is 9.13 Å². The molecule has 0 aromatic rings. The summed E-state index contributed by atoms with van der Waals surface area (Å²) in [5.41, 5.74) is 0. The summed E-state index contributed by atoms with van der Waals surface area (Å²) in [5.74, 6) is -2.18. The fraction of sp³-hybridized carbons (Fsp3) is 0.915. The van der Waals surface area contributed by atoms with E-state index in [0.29, 0.717) is 25.7 Å². The Kier molecular flexibility index (Phi) is 41.8. The van der Waals surface area contributed by atoms with Gasteiger partial charge in [-0.05, 0) is 25.7 Å². The lowest BCUT2D eigenvalue weighted by atomic mass is 10.1. The van der Waals surface area contributed by atoms with Crippen LogP contribution in [-0.4, -0.2) is 96.7 Å². The molecule has 0 saturated heterocycles. The van der Waals surface area contributed by atoms with Crippen molar-refractivity contribution in [2.75, 3.05) is 39.6 Å². The third kappa shape index (κ3) is 42.2. The molecule has 0 aliphatic rings. The lowest BCUT2D eigenvalue weighted by molar-refractivity contribution is -0.161. The number of carbonyl (C=O) groups excluding carboxylic acids is 4. The van der Waals surface area contributed by atoms with Crippen molar-refractivity contribution in [2.45, 2.75) is 239 Å². The van der Waals surface area contributed by atoms with Crippen LogP contribution in [0.1, 0.15) is 220 Å². The van der Waals surface area contributed by atoms with Crippen molar-refractivity contribution in [3.8, 4) is 0 Å². The predicted octanol–water partition coefficient (Wildman–Crippen LogP) is 11.3. The minimum Gasteiger partial charge on any atom is -0.462 e. The van der Waals surface area contributed by atoms with Gasteiger partial charge in [0.25, 0.3) is 0 Å². The molecule has 17 nitrogen and oxygen atoms in total. The van der Waals surface area contributed by atoms with E-state index in [1.807, 2.05) is 0 Å². The third-order valence-corrected chi connectivity index (χ3v) is 12.5. The van der Waals surface area contributed by atoms with Crippen LogP contribution >= 0.6 is 15.6 Å². The molecule has 0 fully saturated rings. The Balaban J connectivity index is 5.14. The van der Waals surface area contributed by atoms with Gasteiger partial charge < -0.3 is 33.8 Å². The van der Waals surface area contributed by atoms with E-state index in [0.717, 1.165) is 122 Å². The van der Waals surface area contributed by atoms with Gasteiger partial charge in [0.05, 0.1) is 26.4 Å². The largest absolute Gasteiger partial charge is 0.472 e. The summed E-state index contributed by atoms with van der Waals surface area (Å²) in [7, 11) is -9.83. The van der Waals surface area contributed by atoms with Crippen LogP contribution < -0.4 is 0 Å². The van der Waals surface area contributed by atoms with Crippen LogP contribution in [0.2, 0.25) is 0 Å². The summed E-state index contributed by atoms with van der Waals surface area (Å²) in [6.07, 6.45) is 21.9. The van der Waals surface area contributed by atoms with Gasteiger partial charge in [0.1, 0.15) is 19.3 Å². The van der Waals surface area contributed by atoms with Crippen molar-refractivity contribution in [2.24, 2.45) is 0 Å². The van der Waals surface area contributed by atoms with Gasteiger partial charge in [0.15, 0.2) is 12.2 Å². The molecule has 0 amide bonds. The maximum Gasteiger partial charge on any atom is 0.472 e. The van der Waals surface area contributed by atoms with Crippen molar-refractivity contribution in [1.82, 2.24) is 0 Å².